The minimum atomic E-state index is -4.82. The number of amides is 2. The van der Waals surface area contributed by atoms with E-state index in [2.05, 4.69) is 15.3 Å². The van der Waals surface area contributed by atoms with Gasteiger partial charge < -0.3 is 10.2 Å². The Labute approximate surface area is 232 Å². The van der Waals surface area contributed by atoms with E-state index in [1.165, 1.54) is 24.1 Å². The van der Waals surface area contributed by atoms with Gasteiger partial charge in [0, 0.05) is 36.7 Å². The summed E-state index contributed by atoms with van der Waals surface area (Å²) in [4.78, 5) is 32.6. The molecule has 2 aromatic carbocycles. The quantitative estimate of drug-likeness (QED) is 0.252. The lowest BCUT2D eigenvalue weighted by Crippen LogP contribution is -2.55. The van der Waals surface area contributed by atoms with Crippen LogP contribution in [0.25, 0.3) is 4.85 Å². The monoisotopic (exact) mass is 570 g/mol. The van der Waals surface area contributed by atoms with Gasteiger partial charge in [0.15, 0.2) is 16.5 Å². The molecule has 1 aliphatic heterocycles. The second kappa shape index (κ2) is 9.71. The van der Waals surface area contributed by atoms with Crippen molar-refractivity contribution in [3.63, 3.8) is 0 Å². The molecule has 40 heavy (non-hydrogen) atoms. The summed E-state index contributed by atoms with van der Waals surface area (Å²) >= 11 is 5.71. The van der Waals surface area contributed by atoms with Crippen LogP contribution in [0.2, 0.25) is 0 Å². The van der Waals surface area contributed by atoms with Crippen molar-refractivity contribution < 1.29 is 27.2 Å². The molecule has 0 bridgehead atoms. The Morgan fingerprint density at radius 2 is 1.90 bits per heavy atom. The SMILES string of the molecule is [C-]#[N+]c1ccc(N2C(=O)C3(CCC3)N(c3ccc(CNC(=O)c4cn(C)nc4C(F)(F)F)c(F)c3)C2=S)cc1C. The molecule has 0 unspecified atom stereocenters. The van der Waals surface area contributed by atoms with Crippen molar-refractivity contribution in [3.8, 4) is 0 Å². The van der Waals surface area contributed by atoms with Gasteiger partial charge in [-0.25, -0.2) is 9.24 Å². The number of aromatic nitrogens is 2. The zero-order chi connectivity index (χ0) is 29.0. The van der Waals surface area contributed by atoms with Crippen molar-refractivity contribution in [2.45, 2.75) is 44.4 Å². The fraction of sp³-hybridized carbons (Fsp3) is 0.296. The number of aryl methyl sites for hydroxylation is 2. The van der Waals surface area contributed by atoms with E-state index in [1.54, 1.807) is 36.1 Å². The predicted molar refractivity (Wildman–Crippen MR) is 142 cm³/mol. The molecule has 0 radical (unpaired) electrons. The molecule has 1 aromatic heterocycles. The highest BCUT2D eigenvalue weighted by molar-refractivity contribution is 7.81. The van der Waals surface area contributed by atoms with E-state index in [9.17, 15) is 22.8 Å². The van der Waals surface area contributed by atoms with Gasteiger partial charge >= 0.3 is 6.18 Å². The maximum Gasteiger partial charge on any atom is 0.435 e. The first-order chi connectivity index (χ1) is 18.9. The van der Waals surface area contributed by atoms with Crippen LogP contribution in [0.15, 0.2) is 42.6 Å². The molecule has 1 saturated heterocycles. The summed E-state index contributed by atoms with van der Waals surface area (Å²) in [5, 5.41) is 5.80. The van der Waals surface area contributed by atoms with Crippen molar-refractivity contribution in [2.24, 2.45) is 7.05 Å². The molecule has 2 heterocycles. The Hall–Kier alpha value is -4.31. The summed E-state index contributed by atoms with van der Waals surface area (Å²) in [6.07, 6.45) is -2.05. The molecular weight excluding hydrogens is 548 g/mol. The molecular formula is C27H22F4N6O2S. The maximum absolute atomic E-state index is 15.2. The van der Waals surface area contributed by atoms with E-state index in [0.717, 1.165) is 17.3 Å². The van der Waals surface area contributed by atoms with Gasteiger partial charge in [-0.3, -0.25) is 19.2 Å². The van der Waals surface area contributed by atoms with Gasteiger partial charge in [-0.1, -0.05) is 12.1 Å². The minimum absolute atomic E-state index is 0.0378. The first-order valence-corrected chi connectivity index (χ1v) is 12.6. The zero-order valence-corrected chi connectivity index (χ0v) is 22.2. The maximum atomic E-state index is 15.2. The summed E-state index contributed by atoms with van der Waals surface area (Å²) in [6, 6.07) is 9.15. The highest BCUT2D eigenvalue weighted by Gasteiger charge is 2.59. The summed E-state index contributed by atoms with van der Waals surface area (Å²) in [5.41, 5.74) is -0.911. The molecule has 2 aliphatic rings. The molecule has 0 atom stereocenters. The van der Waals surface area contributed by atoms with Crippen molar-refractivity contribution in [3.05, 3.63) is 82.2 Å². The van der Waals surface area contributed by atoms with Gasteiger partial charge in [-0.05, 0) is 68.2 Å². The molecule has 1 aliphatic carbocycles. The summed E-state index contributed by atoms with van der Waals surface area (Å²) in [6.45, 7) is 8.66. The minimum Gasteiger partial charge on any atom is -0.348 e. The van der Waals surface area contributed by atoms with E-state index in [1.807, 2.05) is 0 Å². The van der Waals surface area contributed by atoms with Gasteiger partial charge in [-0.2, -0.15) is 18.3 Å². The average molecular weight is 571 g/mol. The van der Waals surface area contributed by atoms with Crippen LogP contribution < -0.4 is 15.1 Å². The van der Waals surface area contributed by atoms with E-state index in [-0.39, 0.29) is 23.1 Å². The number of alkyl halides is 3. The summed E-state index contributed by atoms with van der Waals surface area (Å²) in [7, 11) is 1.26. The third-order valence-corrected chi connectivity index (χ3v) is 7.59. The van der Waals surface area contributed by atoms with Crippen LogP contribution in [0, 0.1) is 19.3 Å². The zero-order valence-electron chi connectivity index (χ0n) is 21.3. The Morgan fingerprint density at radius 1 is 1.20 bits per heavy atom. The molecule has 206 valence electrons. The Bertz CT molecular complexity index is 1610. The number of anilines is 2. The number of halogens is 4. The second-order valence-electron chi connectivity index (χ2n) is 9.75. The van der Waals surface area contributed by atoms with Crippen molar-refractivity contribution >= 4 is 46.2 Å². The second-order valence-corrected chi connectivity index (χ2v) is 10.1. The summed E-state index contributed by atoms with van der Waals surface area (Å²) in [5.74, 6) is -1.99. The smallest absolute Gasteiger partial charge is 0.348 e. The fourth-order valence-electron chi connectivity index (χ4n) is 5.07. The van der Waals surface area contributed by atoms with E-state index in [4.69, 9.17) is 18.8 Å². The van der Waals surface area contributed by atoms with Crippen LogP contribution in [0.4, 0.5) is 34.6 Å². The Kier molecular flexibility index (Phi) is 6.62. The van der Waals surface area contributed by atoms with E-state index < -0.39 is 34.7 Å². The highest BCUT2D eigenvalue weighted by Crippen LogP contribution is 2.48. The van der Waals surface area contributed by atoms with Gasteiger partial charge in [0.2, 0.25) is 0 Å². The van der Waals surface area contributed by atoms with Crippen molar-refractivity contribution in [1.82, 2.24) is 15.1 Å². The molecule has 3 aromatic rings. The van der Waals surface area contributed by atoms with Crippen molar-refractivity contribution in [2.75, 3.05) is 9.80 Å². The Morgan fingerprint density at radius 3 is 2.48 bits per heavy atom. The van der Waals surface area contributed by atoms with Crippen LogP contribution in [0.5, 0.6) is 0 Å². The molecule has 5 rings (SSSR count). The number of hydrogen-bond acceptors (Lipinski definition) is 4. The number of benzene rings is 2. The molecule has 13 heteroatoms. The number of rotatable bonds is 5. The largest absolute Gasteiger partial charge is 0.435 e. The Balaban J connectivity index is 1.39. The standard InChI is InChI=1S/C27H22F4N6O2S/c1-15-11-17(7-8-21(15)32-2)36-24(39)26(9-4-10-26)37(25(36)40)18-6-5-16(20(28)12-18)13-33-23(38)19-14-35(3)34-22(19)27(29,30)31/h5-8,11-12,14H,4,9-10,13H2,1,3H3,(H,33,38). The first kappa shape index (κ1) is 27.3. The molecule has 2 amide bonds. The van der Waals surface area contributed by atoms with E-state index >= 15 is 4.39 Å². The number of nitrogens with one attached hydrogen (secondary N) is 1. The van der Waals surface area contributed by atoms with Crippen LogP contribution in [0.3, 0.4) is 0 Å². The number of carbonyl (C=O) groups excluding carboxylic acids is 2. The fourth-order valence-corrected chi connectivity index (χ4v) is 5.53. The lowest BCUT2D eigenvalue weighted by Gasteiger charge is -2.43. The normalized spacial score (nSPS) is 16.3. The molecule has 1 saturated carbocycles. The average Bonchev–Trinajstić information content (AvgIpc) is 3.38. The van der Waals surface area contributed by atoms with Crippen LogP contribution in [0.1, 0.15) is 46.4 Å². The topological polar surface area (TPSA) is 74.8 Å². The van der Waals surface area contributed by atoms with Crippen LogP contribution >= 0.6 is 12.2 Å². The highest BCUT2D eigenvalue weighted by atomic mass is 32.1. The van der Waals surface area contributed by atoms with Crippen LogP contribution in [-0.2, 0) is 24.6 Å². The predicted octanol–water partition coefficient (Wildman–Crippen LogP) is 5.43. The number of nitrogens with zero attached hydrogens (tertiary/aromatic N) is 5. The number of carbonyl (C=O) groups is 2. The molecule has 8 nitrogen and oxygen atoms in total. The summed E-state index contributed by atoms with van der Waals surface area (Å²) < 4.78 is 55.8. The van der Waals surface area contributed by atoms with Gasteiger partial charge in [0.05, 0.1) is 12.1 Å². The van der Waals surface area contributed by atoms with Gasteiger partial charge in [0.1, 0.15) is 11.4 Å². The third-order valence-electron chi connectivity index (χ3n) is 7.23. The molecule has 2 fully saturated rings. The lowest BCUT2D eigenvalue weighted by atomic mass is 9.75. The van der Waals surface area contributed by atoms with E-state index in [0.29, 0.717) is 35.5 Å². The van der Waals surface area contributed by atoms with Gasteiger partial charge in [0.25, 0.3) is 11.8 Å². The van der Waals surface area contributed by atoms with Crippen LogP contribution in [-0.4, -0.2) is 32.2 Å². The number of thiocarbonyl (C=S) groups is 1. The molecule has 1 spiro atoms. The first-order valence-electron chi connectivity index (χ1n) is 12.2. The lowest BCUT2D eigenvalue weighted by molar-refractivity contribution is -0.141. The number of hydrogen-bond donors (Lipinski definition) is 1. The third kappa shape index (κ3) is 4.38. The van der Waals surface area contributed by atoms with Gasteiger partial charge in [-0.15, -0.1) is 0 Å². The van der Waals surface area contributed by atoms with Crippen molar-refractivity contribution in [1.29, 1.82) is 0 Å². The molecule has 1 N–H and O–H groups in total.